The maximum absolute atomic E-state index is 11.0. The number of carboxylic acids is 1. The van der Waals surface area contributed by atoms with Gasteiger partial charge in [0.15, 0.2) is 0 Å². The largest absolute Gasteiger partial charge is 0.489 e. The fourth-order valence-corrected chi connectivity index (χ4v) is 3.76. The van der Waals surface area contributed by atoms with Crippen molar-refractivity contribution in [1.82, 2.24) is 4.98 Å². The normalized spacial score (nSPS) is 16.8. The van der Waals surface area contributed by atoms with E-state index in [4.69, 9.17) is 9.84 Å². The summed E-state index contributed by atoms with van der Waals surface area (Å²) in [6.07, 6.45) is 5.95. The number of anilines is 1. The Bertz CT molecular complexity index is 721. The Morgan fingerprint density at radius 1 is 1.36 bits per heavy atom. The zero-order valence-corrected chi connectivity index (χ0v) is 15.0. The van der Waals surface area contributed by atoms with Crippen LogP contribution in [-0.4, -0.2) is 34.9 Å². The molecule has 25 heavy (non-hydrogen) atoms. The molecule has 2 aromatic rings. The van der Waals surface area contributed by atoms with Crippen molar-refractivity contribution < 1.29 is 14.6 Å². The van der Waals surface area contributed by atoms with Gasteiger partial charge in [-0.2, -0.15) is 0 Å². The molecular formula is C19H22N2O3S. The lowest BCUT2D eigenvalue weighted by Crippen LogP contribution is -2.31. The molecule has 0 bridgehead atoms. The summed E-state index contributed by atoms with van der Waals surface area (Å²) in [6.45, 7) is 1.39. The minimum Gasteiger partial charge on any atom is -0.489 e. The van der Waals surface area contributed by atoms with E-state index < -0.39 is 5.97 Å². The molecule has 1 atom stereocenters. The van der Waals surface area contributed by atoms with Crippen molar-refractivity contribution in [2.75, 3.05) is 17.7 Å². The number of hydrogen-bond acceptors (Lipinski definition) is 5. The highest BCUT2D eigenvalue weighted by Gasteiger charge is 2.26. The topological polar surface area (TPSA) is 62.7 Å². The molecule has 132 valence electrons. The van der Waals surface area contributed by atoms with E-state index in [2.05, 4.69) is 9.88 Å². The Labute approximate surface area is 152 Å². The lowest BCUT2D eigenvalue weighted by molar-refractivity contribution is -0.137. The number of ether oxygens (including phenoxy) is 1. The second-order valence-corrected chi connectivity index (χ2v) is 6.84. The van der Waals surface area contributed by atoms with Crippen LogP contribution in [0.15, 0.2) is 47.6 Å². The van der Waals surface area contributed by atoms with Crippen molar-refractivity contribution in [2.24, 2.45) is 0 Å². The number of carbonyl (C=O) groups is 1. The summed E-state index contributed by atoms with van der Waals surface area (Å²) in [4.78, 5) is 17.5. The molecule has 1 aliphatic heterocycles. The van der Waals surface area contributed by atoms with Gasteiger partial charge in [0.05, 0.1) is 6.42 Å². The first-order chi connectivity index (χ1) is 12.2. The lowest BCUT2D eigenvalue weighted by Gasteiger charge is -2.25. The minimum absolute atomic E-state index is 0.0869. The molecular weight excluding hydrogens is 336 g/mol. The Morgan fingerprint density at radius 3 is 2.88 bits per heavy atom. The van der Waals surface area contributed by atoms with Crippen LogP contribution in [0.2, 0.25) is 0 Å². The van der Waals surface area contributed by atoms with Gasteiger partial charge >= 0.3 is 5.97 Å². The van der Waals surface area contributed by atoms with Crippen LogP contribution in [0.4, 0.5) is 5.69 Å². The molecule has 0 amide bonds. The third kappa shape index (κ3) is 4.45. The quantitative estimate of drug-likeness (QED) is 0.759. The molecule has 1 aromatic heterocycles. The van der Waals surface area contributed by atoms with Crippen molar-refractivity contribution in [3.63, 3.8) is 0 Å². The van der Waals surface area contributed by atoms with Gasteiger partial charge in [0.2, 0.25) is 0 Å². The summed E-state index contributed by atoms with van der Waals surface area (Å²) < 4.78 is 5.88. The predicted octanol–water partition coefficient (Wildman–Crippen LogP) is 3.83. The molecule has 2 heterocycles. The van der Waals surface area contributed by atoms with Gasteiger partial charge in [-0.3, -0.25) is 4.79 Å². The van der Waals surface area contributed by atoms with E-state index >= 15 is 0 Å². The Morgan fingerprint density at radius 2 is 2.16 bits per heavy atom. The summed E-state index contributed by atoms with van der Waals surface area (Å²) in [5.74, 6) is 0.0616. The van der Waals surface area contributed by atoms with Gasteiger partial charge in [-0.15, -0.1) is 11.8 Å². The van der Waals surface area contributed by atoms with E-state index in [-0.39, 0.29) is 12.5 Å². The van der Waals surface area contributed by atoms with Crippen LogP contribution in [0.25, 0.3) is 0 Å². The molecule has 1 aromatic carbocycles. The van der Waals surface area contributed by atoms with E-state index in [0.29, 0.717) is 6.61 Å². The van der Waals surface area contributed by atoms with Crippen molar-refractivity contribution in [3.05, 3.63) is 48.2 Å². The van der Waals surface area contributed by atoms with Gasteiger partial charge in [0, 0.05) is 30.0 Å². The SMILES string of the molecule is CSc1ncccc1COc1ccc(N2CCCC2CC(=O)O)cc1. The third-order valence-corrected chi connectivity index (χ3v) is 5.15. The van der Waals surface area contributed by atoms with Crippen LogP contribution in [-0.2, 0) is 11.4 Å². The molecule has 0 aliphatic carbocycles. The second kappa shape index (κ2) is 8.25. The number of thioether (sulfide) groups is 1. The van der Waals surface area contributed by atoms with Crippen molar-refractivity contribution in [1.29, 1.82) is 0 Å². The van der Waals surface area contributed by atoms with Crippen molar-refractivity contribution in [2.45, 2.75) is 36.9 Å². The maximum Gasteiger partial charge on any atom is 0.305 e. The molecule has 1 unspecified atom stereocenters. The van der Waals surface area contributed by atoms with E-state index in [9.17, 15) is 4.79 Å². The average molecular weight is 358 g/mol. The molecule has 1 saturated heterocycles. The smallest absolute Gasteiger partial charge is 0.305 e. The average Bonchev–Trinajstić information content (AvgIpc) is 3.08. The molecule has 1 aliphatic rings. The van der Waals surface area contributed by atoms with E-state index in [1.807, 2.05) is 42.7 Å². The van der Waals surface area contributed by atoms with E-state index in [1.54, 1.807) is 18.0 Å². The molecule has 0 spiro atoms. The molecule has 5 nitrogen and oxygen atoms in total. The van der Waals surface area contributed by atoms with Gasteiger partial charge < -0.3 is 14.7 Å². The number of aromatic nitrogens is 1. The minimum atomic E-state index is -0.738. The van der Waals surface area contributed by atoms with Crippen LogP contribution in [0, 0.1) is 0 Å². The molecule has 1 fully saturated rings. The first-order valence-corrected chi connectivity index (χ1v) is 9.59. The number of rotatable bonds is 7. The van der Waals surface area contributed by atoms with Crippen LogP contribution < -0.4 is 9.64 Å². The number of aliphatic carboxylic acids is 1. The fraction of sp³-hybridized carbons (Fsp3) is 0.368. The molecule has 0 radical (unpaired) electrons. The van der Waals surface area contributed by atoms with Crippen molar-refractivity contribution >= 4 is 23.4 Å². The first-order valence-electron chi connectivity index (χ1n) is 8.36. The number of nitrogens with zero attached hydrogens (tertiary/aromatic N) is 2. The van der Waals surface area contributed by atoms with Crippen LogP contribution >= 0.6 is 11.8 Å². The molecule has 6 heteroatoms. The Balaban J connectivity index is 1.63. The van der Waals surface area contributed by atoms with Gasteiger partial charge in [0.25, 0.3) is 0 Å². The van der Waals surface area contributed by atoms with Gasteiger partial charge in [-0.1, -0.05) is 6.07 Å². The third-order valence-electron chi connectivity index (χ3n) is 4.39. The first kappa shape index (κ1) is 17.6. The zero-order valence-electron chi connectivity index (χ0n) is 14.2. The van der Waals surface area contributed by atoms with Gasteiger partial charge in [-0.25, -0.2) is 4.98 Å². The maximum atomic E-state index is 11.0. The zero-order chi connectivity index (χ0) is 17.6. The standard InChI is InChI=1S/C19H22N2O3S/c1-25-19-14(4-2-10-20-19)13-24-17-8-6-15(7-9-17)21-11-3-5-16(21)12-18(22)23/h2,4,6-10,16H,3,5,11-13H2,1H3,(H,22,23). The van der Waals surface area contributed by atoms with Gasteiger partial charge in [0.1, 0.15) is 17.4 Å². The highest BCUT2D eigenvalue weighted by molar-refractivity contribution is 7.98. The van der Waals surface area contributed by atoms with E-state index in [1.165, 1.54) is 0 Å². The number of benzene rings is 1. The highest BCUT2D eigenvalue weighted by atomic mass is 32.2. The lowest BCUT2D eigenvalue weighted by atomic mass is 10.1. The monoisotopic (exact) mass is 358 g/mol. The summed E-state index contributed by atoms with van der Waals surface area (Å²) in [7, 11) is 0. The highest BCUT2D eigenvalue weighted by Crippen LogP contribution is 2.29. The van der Waals surface area contributed by atoms with Crippen LogP contribution in [0.5, 0.6) is 5.75 Å². The summed E-state index contributed by atoms with van der Waals surface area (Å²) in [5.41, 5.74) is 2.13. The van der Waals surface area contributed by atoms with Crippen LogP contribution in [0.3, 0.4) is 0 Å². The summed E-state index contributed by atoms with van der Waals surface area (Å²) in [6, 6.07) is 11.9. The summed E-state index contributed by atoms with van der Waals surface area (Å²) >= 11 is 1.61. The van der Waals surface area contributed by atoms with Crippen LogP contribution in [0.1, 0.15) is 24.8 Å². The Kier molecular flexibility index (Phi) is 5.81. The molecule has 1 N–H and O–H groups in total. The van der Waals surface area contributed by atoms with E-state index in [0.717, 1.165) is 41.4 Å². The Hall–Kier alpha value is -2.21. The predicted molar refractivity (Wildman–Crippen MR) is 99.4 cm³/mol. The van der Waals surface area contributed by atoms with Crippen molar-refractivity contribution in [3.8, 4) is 5.75 Å². The number of carboxylic acid groups (broad SMARTS) is 1. The second-order valence-electron chi connectivity index (χ2n) is 6.04. The summed E-state index contributed by atoms with van der Waals surface area (Å²) in [5, 5.41) is 10.0. The fourth-order valence-electron chi connectivity index (χ4n) is 3.20. The molecule has 3 rings (SSSR count). The van der Waals surface area contributed by atoms with Gasteiger partial charge in [-0.05, 0) is 49.4 Å². The number of hydrogen-bond donors (Lipinski definition) is 1. The number of pyridine rings is 1. The molecule has 0 saturated carbocycles.